The summed E-state index contributed by atoms with van der Waals surface area (Å²) in [5.41, 5.74) is 3.45. The molecule has 148 valence electrons. The van der Waals surface area contributed by atoms with Crippen LogP contribution >= 0.6 is 0 Å². The van der Waals surface area contributed by atoms with E-state index in [9.17, 15) is 14.4 Å². The molecule has 1 aliphatic heterocycles. The predicted molar refractivity (Wildman–Crippen MR) is 113 cm³/mol. The van der Waals surface area contributed by atoms with Crippen LogP contribution in [-0.2, 0) is 9.59 Å². The highest BCUT2D eigenvalue weighted by Crippen LogP contribution is 2.41. The normalized spacial score (nSPS) is 23.3. The van der Waals surface area contributed by atoms with Gasteiger partial charge in [-0.15, -0.1) is 0 Å². The molecular weight excluding hydrogens is 364 g/mol. The highest BCUT2D eigenvalue weighted by Gasteiger charge is 2.51. The van der Waals surface area contributed by atoms with Crippen molar-refractivity contribution >= 4 is 29.1 Å². The van der Waals surface area contributed by atoms with Gasteiger partial charge in [-0.2, -0.15) is 0 Å². The number of hydrogen-bond donors (Lipinski definition) is 1. The van der Waals surface area contributed by atoms with Crippen LogP contribution in [0.4, 0.5) is 11.4 Å². The van der Waals surface area contributed by atoms with Gasteiger partial charge in [-0.3, -0.25) is 14.4 Å². The molecule has 1 heterocycles. The number of nitrogens with zero attached hydrogens (tertiary/aromatic N) is 1. The zero-order valence-electron chi connectivity index (χ0n) is 16.8. The minimum atomic E-state index is -0.359. The molecule has 0 unspecified atom stereocenters. The number of imide groups is 1. The molecule has 5 heteroatoms. The summed E-state index contributed by atoms with van der Waals surface area (Å²) < 4.78 is 0. The van der Waals surface area contributed by atoms with Crippen molar-refractivity contribution in [1.29, 1.82) is 0 Å². The second kappa shape index (κ2) is 7.32. The zero-order chi connectivity index (χ0) is 20.7. The van der Waals surface area contributed by atoms with Crippen LogP contribution in [0.1, 0.15) is 34.8 Å². The number of benzene rings is 2. The van der Waals surface area contributed by atoms with Gasteiger partial charge in [-0.1, -0.05) is 43.3 Å². The van der Waals surface area contributed by atoms with Gasteiger partial charge in [0.05, 0.1) is 23.1 Å². The van der Waals surface area contributed by atoms with E-state index >= 15 is 0 Å². The molecule has 1 N–H and O–H groups in total. The number of para-hydroxylation sites is 1. The first-order valence-corrected chi connectivity index (χ1v) is 9.91. The summed E-state index contributed by atoms with van der Waals surface area (Å²) >= 11 is 0. The molecule has 2 aromatic carbocycles. The van der Waals surface area contributed by atoms with Crippen LogP contribution in [0.25, 0.3) is 0 Å². The zero-order valence-corrected chi connectivity index (χ0v) is 16.8. The van der Waals surface area contributed by atoms with Crippen LogP contribution < -0.4 is 10.2 Å². The van der Waals surface area contributed by atoms with E-state index in [2.05, 4.69) is 5.32 Å². The molecule has 4 rings (SSSR count). The van der Waals surface area contributed by atoms with Gasteiger partial charge in [-0.05, 0) is 55.5 Å². The molecule has 0 aromatic heterocycles. The van der Waals surface area contributed by atoms with Crippen LogP contribution in [0.3, 0.4) is 0 Å². The smallest absolute Gasteiger partial charge is 0.257 e. The standard InChI is InChI=1S/C24H24N2O3/c1-14-8-7-12-19(16(14)3)25-22(27)17-10-4-5-13-20(17)26-23(28)18-11-6-9-15(2)21(18)24(26)29/h4-10,12-13,15,18,21H,11H2,1-3H3,(H,25,27)/t15-,18-,21-/m1/s1. The lowest BCUT2D eigenvalue weighted by Gasteiger charge is -2.22. The van der Waals surface area contributed by atoms with Crippen LogP contribution in [-0.4, -0.2) is 17.7 Å². The minimum absolute atomic E-state index is 0.00568. The molecule has 3 amide bonds. The highest BCUT2D eigenvalue weighted by atomic mass is 16.2. The number of carbonyl (C=O) groups is 3. The molecule has 0 radical (unpaired) electrons. The molecule has 1 aliphatic carbocycles. The fourth-order valence-electron chi connectivity index (χ4n) is 4.32. The monoisotopic (exact) mass is 388 g/mol. The first-order chi connectivity index (χ1) is 13.9. The quantitative estimate of drug-likeness (QED) is 0.631. The van der Waals surface area contributed by atoms with Crippen LogP contribution in [0.5, 0.6) is 0 Å². The molecule has 1 saturated heterocycles. The number of nitrogens with one attached hydrogen (secondary N) is 1. The predicted octanol–water partition coefficient (Wildman–Crippen LogP) is 4.26. The Labute approximate surface area is 170 Å². The van der Waals surface area contributed by atoms with Crippen molar-refractivity contribution < 1.29 is 14.4 Å². The van der Waals surface area contributed by atoms with Crippen molar-refractivity contribution in [3.8, 4) is 0 Å². The first-order valence-electron chi connectivity index (χ1n) is 9.91. The maximum absolute atomic E-state index is 13.1. The van der Waals surface area contributed by atoms with Gasteiger partial charge in [-0.25, -0.2) is 4.90 Å². The van der Waals surface area contributed by atoms with Crippen molar-refractivity contribution in [1.82, 2.24) is 0 Å². The van der Waals surface area contributed by atoms with Gasteiger partial charge in [0, 0.05) is 5.69 Å². The van der Waals surface area contributed by atoms with E-state index < -0.39 is 0 Å². The van der Waals surface area contributed by atoms with Crippen LogP contribution in [0.2, 0.25) is 0 Å². The number of allylic oxidation sites excluding steroid dienone is 2. The van der Waals surface area contributed by atoms with E-state index in [-0.39, 0.29) is 35.5 Å². The second-order valence-corrected chi connectivity index (χ2v) is 7.89. The Hall–Kier alpha value is -3.21. The Bertz CT molecular complexity index is 1040. The van der Waals surface area contributed by atoms with Gasteiger partial charge in [0.2, 0.25) is 11.8 Å². The summed E-state index contributed by atoms with van der Waals surface area (Å²) in [5.74, 6) is -1.48. The Morgan fingerprint density at radius 2 is 1.79 bits per heavy atom. The van der Waals surface area contributed by atoms with Gasteiger partial charge in [0.15, 0.2) is 0 Å². The largest absolute Gasteiger partial charge is 0.322 e. The lowest BCUT2D eigenvalue weighted by Crippen LogP contribution is -2.33. The fraction of sp³-hybridized carbons (Fsp3) is 0.292. The summed E-state index contributed by atoms with van der Waals surface area (Å²) in [4.78, 5) is 40.5. The summed E-state index contributed by atoms with van der Waals surface area (Å²) in [6, 6.07) is 12.5. The lowest BCUT2D eigenvalue weighted by molar-refractivity contribution is -0.122. The van der Waals surface area contributed by atoms with E-state index in [1.165, 1.54) is 4.90 Å². The van der Waals surface area contributed by atoms with E-state index in [0.29, 0.717) is 17.7 Å². The number of aryl methyl sites for hydroxylation is 1. The molecule has 2 aliphatic rings. The molecule has 0 bridgehead atoms. The van der Waals surface area contributed by atoms with Crippen molar-refractivity contribution in [2.75, 3.05) is 10.2 Å². The summed E-state index contributed by atoms with van der Waals surface area (Å²) in [6.07, 6.45) is 4.53. The fourth-order valence-corrected chi connectivity index (χ4v) is 4.32. The molecule has 3 atom stereocenters. The third kappa shape index (κ3) is 3.16. The topological polar surface area (TPSA) is 66.5 Å². The van der Waals surface area contributed by atoms with Crippen molar-refractivity contribution in [3.63, 3.8) is 0 Å². The van der Waals surface area contributed by atoms with Crippen molar-refractivity contribution in [2.45, 2.75) is 27.2 Å². The van der Waals surface area contributed by atoms with Gasteiger partial charge in [0.1, 0.15) is 0 Å². The SMILES string of the molecule is Cc1cccc(NC(=O)c2ccccc2N2C(=O)[C@@H]3[C@H](C)C=CC[C@H]3C2=O)c1C. The van der Waals surface area contributed by atoms with Crippen LogP contribution in [0.15, 0.2) is 54.6 Å². The molecule has 0 saturated carbocycles. The molecule has 29 heavy (non-hydrogen) atoms. The number of rotatable bonds is 3. The minimum Gasteiger partial charge on any atom is -0.322 e. The number of anilines is 2. The Morgan fingerprint density at radius 1 is 1.03 bits per heavy atom. The number of hydrogen-bond acceptors (Lipinski definition) is 3. The summed E-state index contributed by atoms with van der Waals surface area (Å²) in [5, 5.41) is 2.93. The lowest BCUT2D eigenvalue weighted by atomic mass is 9.78. The summed E-state index contributed by atoms with van der Waals surface area (Å²) in [7, 11) is 0. The van der Waals surface area contributed by atoms with Gasteiger partial charge in [0.25, 0.3) is 5.91 Å². The molecule has 1 fully saturated rings. The van der Waals surface area contributed by atoms with Gasteiger partial charge < -0.3 is 5.32 Å². The average molecular weight is 388 g/mol. The van der Waals surface area contributed by atoms with Crippen LogP contribution in [0, 0.1) is 31.6 Å². The Balaban J connectivity index is 1.69. The first kappa shape index (κ1) is 19.1. The Morgan fingerprint density at radius 3 is 2.55 bits per heavy atom. The summed E-state index contributed by atoms with van der Waals surface area (Å²) in [6.45, 7) is 5.89. The second-order valence-electron chi connectivity index (χ2n) is 7.89. The maximum Gasteiger partial charge on any atom is 0.257 e. The molecule has 5 nitrogen and oxygen atoms in total. The molecule has 2 aromatic rings. The number of fused-ring (bicyclic) bond motifs is 1. The van der Waals surface area contributed by atoms with Crippen molar-refractivity contribution in [3.05, 3.63) is 71.3 Å². The number of carbonyl (C=O) groups excluding carboxylic acids is 3. The van der Waals surface area contributed by atoms with E-state index in [1.54, 1.807) is 24.3 Å². The maximum atomic E-state index is 13.1. The molecule has 0 spiro atoms. The third-order valence-electron chi connectivity index (χ3n) is 6.12. The third-order valence-corrected chi connectivity index (χ3v) is 6.12. The highest BCUT2D eigenvalue weighted by molar-refractivity contribution is 6.25. The van der Waals surface area contributed by atoms with Crippen molar-refractivity contribution in [2.24, 2.45) is 17.8 Å². The Kier molecular flexibility index (Phi) is 4.82. The average Bonchev–Trinajstić information content (AvgIpc) is 2.97. The number of amides is 3. The van der Waals surface area contributed by atoms with E-state index in [0.717, 1.165) is 16.8 Å². The van der Waals surface area contributed by atoms with Gasteiger partial charge >= 0.3 is 0 Å². The van der Waals surface area contributed by atoms with E-state index in [4.69, 9.17) is 0 Å². The van der Waals surface area contributed by atoms with E-state index in [1.807, 2.05) is 51.1 Å². The molecular formula is C24H24N2O3.